The number of carbonyl (C=O) groups excluding carboxylic acids is 2. The Bertz CT molecular complexity index is 1430. The molecule has 166 valence electrons. The van der Waals surface area contributed by atoms with Crippen LogP contribution in [0, 0.1) is 11.8 Å². The fourth-order valence-corrected chi connectivity index (χ4v) is 4.80. The highest BCUT2D eigenvalue weighted by Gasteiger charge is 2.38. The topological polar surface area (TPSA) is 130 Å². The Morgan fingerprint density at radius 2 is 1.88 bits per heavy atom. The Morgan fingerprint density at radius 1 is 1.03 bits per heavy atom. The number of aldehydes is 2. The second-order valence-corrected chi connectivity index (χ2v) is 8.62. The van der Waals surface area contributed by atoms with Crippen molar-refractivity contribution >= 4 is 57.7 Å². The first-order valence-electron chi connectivity index (χ1n) is 10.5. The zero-order valence-electron chi connectivity index (χ0n) is 17.6. The Balaban J connectivity index is 1.45. The van der Waals surface area contributed by atoms with Crippen LogP contribution in [0.4, 0.5) is 11.6 Å². The molecule has 8 nitrogen and oxygen atoms in total. The van der Waals surface area contributed by atoms with E-state index in [4.69, 9.17) is 23.1 Å². The summed E-state index contributed by atoms with van der Waals surface area (Å²) in [6.45, 7) is 0. The summed E-state index contributed by atoms with van der Waals surface area (Å²) < 4.78 is 1.89. The van der Waals surface area contributed by atoms with E-state index in [9.17, 15) is 9.59 Å². The van der Waals surface area contributed by atoms with E-state index >= 15 is 0 Å². The third kappa shape index (κ3) is 3.62. The zero-order chi connectivity index (χ0) is 23.1. The van der Waals surface area contributed by atoms with E-state index in [1.54, 1.807) is 6.07 Å². The maximum Gasteiger partial charge on any atom is 0.146 e. The van der Waals surface area contributed by atoms with Crippen LogP contribution in [0.5, 0.6) is 0 Å². The Hall–Kier alpha value is -3.78. The van der Waals surface area contributed by atoms with E-state index in [0.29, 0.717) is 35.1 Å². The molecule has 0 radical (unpaired) electrons. The van der Waals surface area contributed by atoms with Crippen molar-refractivity contribution in [2.75, 3.05) is 11.5 Å². The van der Waals surface area contributed by atoms with E-state index in [2.05, 4.69) is 15.0 Å². The van der Waals surface area contributed by atoms with Gasteiger partial charge in [-0.3, -0.25) is 0 Å². The molecule has 0 saturated carbocycles. The third-order valence-corrected chi connectivity index (χ3v) is 6.65. The molecular weight excluding hydrogens is 440 g/mol. The van der Waals surface area contributed by atoms with Crippen molar-refractivity contribution in [2.45, 2.75) is 18.9 Å². The van der Waals surface area contributed by atoms with Gasteiger partial charge in [-0.25, -0.2) is 15.0 Å². The minimum Gasteiger partial charge on any atom is -0.383 e. The lowest BCUT2D eigenvalue weighted by atomic mass is 9.89. The molecule has 0 fully saturated rings. The highest BCUT2D eigenvalue weighted by atomic mass is 35.5. The molecule has 3 heterocycles. The molecule has 0 amide bonds. The molecule has 3 atom stereocenters. The highest BCUT2D eigenvalue weighted by molar-refractivity contribution is 6.33. The largest absolute Gasteiger partial charge is 0.383 e. The van der Waals surface area contributed by atoms with Crippen molar-refractivity contribution < 1.29 is 9.59 Å². The van der Waals surface area contributed by atoms with Crippen molar-refractivity contribution in [1.82, 2.24) is 19.5 Å². The second kappa shape index (κ2) is 8.29. The number of carbonyl (C=O) groups is 2. The van der Waals surface area contributed by atoms with Crippen molar-refractivity contribution in [3.8, 4) is 0 Å². The minimum atomic E-state index is -0.510. The van der Waals surface area contributed by atoms with Gasteiger partial charge in [0.05, 0.1) is 27.9 Å². The summed E-state index contributed by atoms with van der Waals surface area (Å²) in [6, 6.07) is 9.24. The van der Waals surface area contributed by atoms with Crippen LogP contribution in [0.1, 0.15) is 18.0 Å². The monoisotopic (exact) mass is 460 g/mol. The van der Waals surface area contributed by atoms with E-state index in [1.165, 1.54) is 6.33 Å². The highest BCUT2D eigenvalue weighted by Crippen LogP contribution is 2.41. The molecule has 0 saturated heterocycles. The number of nitrogens with zero attached hydrogens (tertiary/aromatic N) is 4. The van der Waals surface area contributed by atoms with Gasteiger partial charge < -0.3 is 25.6 Å². The van der Waals surface area contributed by atoms with Crippen LogP contribution in [-0.2, 0) is 16.0 Å². The first-order chi connectivity index (χ1) is 16.0. The van der Waals surface area contributed by atoms with Crippen LogP contribution in [0.2, 0.25) is 5.02 Å². The number of anilines is 2. The lowest BCUT2D eigenvalue weighted by Crippen LogP contribution is -2.22. The summed E-state index contributed by atoms with van der Waals surface area (Å²) in [4.78, 5) is 36.7. The molecule has 4 aromatic rings. The number of benzene rings is 1. The van der Waals surface area contributed by atoms with Gasteiger partial charge in [-0.1, -0.05) is 35.4 Å². The lowest BCUT2D eigenvalue weighted by molar-refractivity contribution is -0.118. The van der Waals surface area contributed by atoms with Crippen molar-refractivity contribution in [2.24, 2.45) is 11.8 Å². The maximum atomic E-state index is 12.0. The maximum absolute atomic E-state index is 12.0. The molecule has 1 aliphatic carbocycles. The molecule has 0 aliphatic heterocycles. The molecule has 1 aliphatic rings. The number of hydrogen-bond acceptors (Lipinski definition) is 7. The third-order valence-electron chi connectivity index (χ3n) is 6.35. The average Bonchev–Trinajstić information content (AvgIpc) is 3.40. The number of nitrogen functional groups attached to an aromatic ring is 2. The van der Waals surface area contributed by atoms with E-state index in [0.717, 1.165) is 40.0 Å². The quantitative estimate of drug-likeness (QED) is 0.332. The van der Waals surface area contributed by atoms with Crippen LogP contribution in [-0.4, -0.2) is 32.1 Å². The van der Waals surface area contributed by atoms with E-state index in [1.807, 2.05) is 41.1 Å². The summed E-state index contributed by atoms with van der Waals surface area (Å²) in [7, 11) is 0. The summed E-state index contributed by atoms with van der Waals surface area (Å²) in [5, 5.41) is 2.05. The normalized spacial score (nSPS) is 20.3. The number of allylic oxidation sites excluding steroid dienone is 2. The van der Waals surface area contributed by atoms with Gasteiger partial charge in [0.2, 0.25) is 0 Å². The Kier molecular flexibility index (Phi) is 5.30. The molecule has 0 spiro atoms. The molecule has 33 heavy (non-hydrogen) atoms. The molecule has 5 rings (SSSR count). The zero-order valence-corrected chi connectivity index (χ0v) is 18.3. The Morgan fingerprint density at radius 3 is 2.67 bits per heavy atom. The average molecular weight is 461 g/mol. The molecular formula is C24H21ClN6O2. The number of rotatable bonds is 6. The summed E-state index contributed by atoms with van der Waals surface area (Å²) in [6.07, 6.45) is 8.29. The second-order valence-electron chi connectivity index (χ2n) is 8.21. The molecule has 3 aromatic heterocycles. The van der Waals surface area contributed by atoms with Gasteiger partial charge in [-0.2, -0.15) is 0 Å². The van der Waals surface area contributed by atoms with Crippen LogP contribution in [0.3, 0.4) is 0 Å². The van der Waals surface area contributed by atoms with Gasteiger partial charge in [0.15, 0.2) is 0 Å². The molecule has 4 N–H and O–H groups in total. The summed E-state index contributed by atoms with van der Waals surface area (Å²) in [5.74, 6) is -0.329. The number of fused-ring (bicyclic) bond motifs is 2. The first-order valence-corrected chi connectivity index (χ1v) is 10.9. The summed E-state index contributed by atoms with van der Waals surface area (Å²) >= 11 is 6.06. The first kappa shape index (κ1) is 21.1. The molecule has 0 unspecified atom stereocenters. The SMILES string of the molecule is Nc1nc2cc(CCC3=C[C@@H](n4ccc5c(N)ncnc54)[C@@H](C=O)[C@H]3C=O)ccc2cc1Cl. The number of aryl methyl sites for hydroxylation is 1. The van der Waals surface area contributed by atoms with Gasteiger partial charge in [0, 0.05) is 17.5 Å². The number of nitrogens with two attached hydrogens (primary N) is 2. The fourth-order valence-electron chi connectivity index (χ4n) is 4.64. The van der Waals surface area contributed by atoms with Crippen molar-refractivity contribution in [1.29, 1.82) is 0 Å². The van der Waals surface area contributed by atoms with Crippen LogP contribution >= 0.6 is 11.6 Å². The minimum absolute atomic E-state index is 0.292. The van der Waals surface area contributed by atoms with Gasteiger partial charge in [0.1, 0.15) is 36.2 Å². The Labute approximate surface area is 194 Å². The predicted molar refractivity (Wildman–Crippen MR) is 128 cm³/mol. The van der Waals surface area contributed by atoms with Gasteiger partial charge >= 0.3 is 0 Å². The number of pyridine rings is 1. The fraction of sp³-hybridized carbons (Fsp3) is 0.208. The van der Waals surface area contributed by atoms with Crippen molar-refractivity contribution in [3.63, 3.8) is 0 Å². The van der Waals surface area contributed by atoms with Crippen LogP contribution in [0.15, 0.2) is 54.5 Å². The van der Waals surface area contributed by atoms with Gasteiger partial charge in [0.25, 0.3) is 0 Å². The standard InChI is InChI=1S/C24H21ClN6O2/c25-19-8-15-4-2-13(7-20(15)30-23(19)27)1-3-14-9-21(18(11-33)17(14)10-32)31-6-5-16-22(26)28-12-29-24(16)31/h2,4-12,17-18,21H,1,3H2,(H2,27,30)(H2,26,28,29)/t17-,18-,21+/m0/s1. The van der Waals surface area contributed by atoms with Crippen LogP contribution in [0.25, 0.3) is 21.9 Å². The van der Waals surface area contributed by atoms with E-state index in [-0.39, 0.29) is 6.04 Å². The number of halogens is 1. The molecule has 0 bridgehead atoms. The predicted octanol–water partition coefficient (Wildman–Crippen LogP) is 3.54. The van der Waals surface area contributed by atoms with Gasteiger partial charge in [-0.15, -0.1) is 0 Å². The summed E-state index contributed by atoms with van der Waals surface area (Å²) in [5.41, 5.74) is 15.2. The number of hydrogen-bond donors (Lipinski definition) is 2. The number of aromatic nitrogens is 4. The smallest absolute Gasteiger partial charge is 0.146 e. The lowest BCUT2D eigenvalue weighted by Gasteiger charge is -2.19. The van der Waals surface area contributed by atoms with E-state index < -0.39 is 11.8 Å². The van der Waals surface area contributed by atoms with Crippen LogP contribution < -0.4 is 11.5 Å². The van der Waals surface area contributed by atoms with Gasteiger partial charge in [-0.05, 0) is 36.6 Å². The molecule has 1 aromatic carbocycles. The molecule has 9 heteroatoms. The van der Waals surface area contributed by atoms with Crippen molar-refractivity contribution in [3.05, 3.63) is 65.1 Å².